The predicted molar refractivity (Wildman–Crippen MR) is 48.1 cm³/mol. The van der Waals surface area contributed by atoms with Gasteiger partial charge in [-0.1, -0.05) is 18.7 Å². The number of hydrogen-bond acceptors (Lipinski definition) is 2. The third kappa shape index (κ3) is 3.63. The van der Waals surface area contributed by atoms with Gasteiger partial charge in [-0.25, -0.2) is 0 Å². The summed E-state index contributed by atoms with van der Waals surface area (Å²) in [6.45, 7) is 6.11. The van der Waals surface area contributed by atoms with Crippen molar-refractivity contribution in [2.45, 2.75) is 6.92 Å². The quantitative estimate of drug-likeness (QED) is 0.492. The summed E-state index contributed by atoms with van der Waals surface area (Å²) in [7, 11) is 1.61. The molecule has 2 N–H and O–H groups in total. The molecule has 0 heterocycles. The molecule has 2 nitrogen and oxygen atoms in total. The summed E-state index contributed by atoms with van der Waals surface area (Å²) < 4.78 is 5.04. The fourth-order valence-electron chi connectivity index (χ4n) is 0.614. The molecule has 0 atom stereocenters. The fraction of sp³-hybridized carbons (Fsp3) is 0.333. The van der Waals surface area contributed by atoms with Gasteiger partial charge >= 0.3 is 0 Å². The van der Waals surface area contributed by atoms with Crippen LogP contribution in [0.15, 0.2) is 36.1 Å². The summed E-state index contributed by atoms with van der Waals surface area (Å²) in [6, 6.07) is 0. The molecule has 62 valence electrons. The second-order valence-electron chi connectivity index (χ2n) is 2.07. The standard InChI is InChI=1S/C9H15NO/c1-4-5-6-9(11-3)8(2)7-10/h4-6H,2,7,10H2,1,3H3/b5-4-,9-6+. The second-order valence-corrected chi connectivity index (χ2v) is 2.07. The lowest BCUT2D eigenvalue weighted by Gasteiger charge is -2.05. The molecule has 0 spiro atoms. The van der Waals surface area contributed by atoms with Crippen molar-refractivity contribution in [2.75, 3.05) is 13.7 Å². The third-order valence-corrected chi connectivity index (χ3v) is 1.25. The Morgan fingerprint density at radius 2 is 2.27 bits per heavy atom. The Morgan fingerprint density at radius 1 is 1.64 bits per heavy atom. The molecular weight excluding hydrogens is 138 g/mol. The largest absolute Gasteiger partial charge is 0.496 e. The minimum Gasteiger partial charge on any atom is -0.496 e. The first-order valence-corrected chi connectivity index (χ1v) is 3.51. The lowest BCUT2D eigenvalue weighted by atomic mass is 10.2. The van der Waals surface area contributed by atoms with Gasteiger partial charge in [0.2, 0.25) is 0 Å². The lowest BCUT2D eigenvalue weighted by Crippen LogP contribution is -2.05. The van der Waals surface area contributed by atoms with E-state index in [1.807, 2.05) is 25.2 Å². The molecule has 0 aromatic heterocycles. The summed E-state index contributed by atoms with van der Waals surface area (Å²) in [6.07, 6.45) is 5.65. The average molecular weight is 153 g/mol. The van der Waals surface area contributed by atoms with E-state index in [1.165, 1.54) is 0 Å². The Balaban J connectivity index is 4.26. The second kappa shape index (κ2) is 5.74. The number of ether oxygens (including phenoxy) is 1. The number of methoxy groups -OCH3 is 1. The van der Waals surface area contributed by atoms with Gasteiger partial charge in [0, 0.05) is 12.1 Å². The Morgan fingerprint density at radius 3 is 2.64 bits per heavy atom. The zero-order chi connectivity index (χ0) is 8.69. The Hall–Kier alpha value is -1.02. The Labute approximate surface area is 68.0 Å². The van der Waals surface area contributed by atoms with Gasteiger partial charge in [-0.3, -0.25) is 0 Å². The highest BCUT2D eigenvalue weighted by Gasteiger charge is 1.96. The fourth-order valence-corrected chi connectivity index (χ4v) is 0.614. The van der Waals surface area contributed by atoms with Gasteiger partial charge in [0.25, 0.3) is 0 Å². The molecule has 0 rings (SSSR count). The minimum absolute atomic E-state index is 0.428. The van der Waals surface area contributed by atoms with Gasteiger partial charge < -0.3 is 10.5 Å². The average Bonchev–Trinajstić information content (AvgIpc) is 2.05. The molecule has 0 saturated heterocycles. The van der Waals surface area contributed by atoms with Crippen LogP contribution in [0.3, 0.4) is 0 Å². The molecular formula is C9H15NO. The molecule has 2 heteroatoms. The minimum atomic E-state index is 0.428. The van der Waals surface area contributed by atoms with Gasteiger partial charge in [-0.15, -0.1) is 0 Å². The molecule has 0 aliphatic rings. The summed E-state index contributed by atoms with van der Waals surface area (Å²) >= 11 is 0. The first-order chi connectivity index (χ1) is 5.26. The smallest absolute Gasteiger partial charge is 0.122 e. The van der Waals surface area contributed by atoms with E-state index in [2.05, 4.69) is 6.58 Å². The van der Waals surface area contributed by atoms with Crippen molar-refractivity contribution < 1.29 is 4.74 Å². The van der Waals surface area contributed by atoms with Crippen LogP contribution in [-0.4, -0.2) is 13.7 Å². The van der Waals surface area contributed by atoms with Crippen LogP contribution in [-0.2, 0) is 4.74 Å². The first-order valence-electron chi connectivity index (χ1n) is 3.51. The van der Waals surface area contributed by atoms with E-state index in [9.17, 15) is 0 Å². The predicted octanol–water partition coefficient (Wildman–Crippen LogP) is 1.61. The van der Waals surface area contributed by atoms with Crippen LogP contribution in [0.5, 0.6) is 0 Å². The number of nitrogens with two attached hydrogens (primary N) is 1. The maximum atomic E-state index is 5.38. The molecule has 0 radical (unpaired) electrons. The molecule has 0 aromatic carbocycles. The van der Waals surface area contributed by atoms with E-state index in [-0.39, 0.29) is 0 Å². The van der Waals surface area contributed by atoms with Gasteiger partial charge in [0.15, 0.2) is 0 Å². The molecule has 0 fully saturated rings. The number of allylic oxidation sites excluding steroid dienone is 3. The Bertz CT molecular complexity index is 180. The summed E-state index contributed by atoms with van der Waals surface area (Å²) in [5.41, 5.74) is 6.19. The highest BCUT2D eigenvalue weighted by Crippen LogP contribution is 2.06. The summed E-state index contributed by atoms with van der Waals surface area (Å²) in [5, 5.41) is 0. The first kappa shape index (κ1) is 9.98. The van der Waals surface area contributed by atoms with Crippen molar-refractivity contribution in [3.63, 3.8) is 0 Å². The van der Waals surface area contributed by atoms with Crippen LogP contribution < -0.4 is 5.73 Å². The van der Waals surface area contributed by atoms with E-state index >= 15 is 0 Å². The van der Waals surface area contributed by atoms with Crippen molar-refractivity contribution in [1.29, 1.82) is 0 Å². The molecule has 0 aliphatic carbocycles. The van der Waals surface area contributed by atoms with E-state index < -0.39 is 0 Å². The molecule has 0 bridgehead atoms. The maximum Gasteiger partial charge on any atom is 0.122 e. The lowest BCUT2D eigenvalue weighted by molar-refractivity contribution is 0.300. The van der Waals surface area contributed by atoms with Gasteiger partial charge in [-0.2, -0.15) is 0 Å². The molecule has 0 aromatic rings. The van der Waals surface area contributed by atoms with E-state index in [4.69, 9.17) is 10.5 Å². The number of rotatable bonds is 4. The zero-order valence-electron chi connectivity index (χ0n) is 7.13. The van der Waals surface area contributed by atoms with Crippen molar-refractivity contribution >= 4 is 0 Å². The van der Waals surface area contributed by atoms with Crippen molar-refractivity contribution in [3.8, 4) is 0 Å². The van der Waals surface area contributed by atoms with Crippen LogP contribution in [0.1, 0.15) is 6.92 Å². The van der Waals surface area contributed by atoms with Gasteiger partial charge in [0.1, 0.15) is 5.76 Å². The molecule has 11 heavy (non-hydrogen) atoms. The monoisotopic (exact) mass is 153 g/mol. The van der Waals surface area contributed by atoms with Crippen LogP contribution in [0, 0.1) is 0 Å². The SMILES string of the molecule is C=C(CN)/C(=C\C=C/C)OC. The normalized spacial score (nSPS) is 12.1. The Kier molecular flexibility index (Phi) is 5.21. The van der Waals surface area contributed by atoms with Crippen LogP contribution in [0.2, 0.25) is 0 Å². The van der Waals surface area contributed by atoms with Crippen LogP contribution >= 0.6 is 0 Å². The van der Waals surface area contributed by atoms with Crippen LogP contribution in [0.4, 0.5) is 0 Å². The van der Waals surface area contributed by atoms with Gasteiger partial charge in [0.05, 0.1) is 7.11 Å². The zero-order valence-corrected chi connectivity index (χ0v) is 7.13. The van der Waals surface area contributed by atoms with Crippen LogP contribution in [0.25, 0.3) is 0 Å². The third-order valence-electron chi connectivity index (χ3n) is 1.25. The van der Waals surface area contributed by atoms with E-state index in [0.717, 1.165) is 11.3 Å². The molecule has 0 amide bonds. The number of hydrogen-bond donors (Lipinski definition) is 1. The van der Waals surface area contributed by atoms with Crippen molar-refractivity contribution in [1.82, 2.24) is 0 Å². The molecule has 0 aliphatic heterocycles. The summed E-state index contributed by atoms with van der Waals surface area (Å²) in [5.74, 6) is 0.741. The highest BCUT2D eigenvalue weighted by molar-refractivity contribution is 5.27. The van der Waals surface area contributed by atoms with Crippen molar-refractivity contribution in [3.05, 3.63) is 36.1 Å². The van der Waals surface area contributed by atoms with E-state index in [1.54, 1.807) is 7.11 Å². The molecule has 0 saturated carbocycles. The highest BCUT2D eigenvalue weighted by atomic mass is 16.5. The summed E-state index contributed by atoms with van der Waals surface area (Å²) in [4.78, 5) is 0. The molecule has 0 unspecified atom stereocenters. The van der Waals surface area contributed by atoms with Gasteiger partial charge in [-0.05, 0) is 13.0 Å². The van der Waals surface area contributed by atoms with E-state index in [0.29, 0.717) is 6.54 Å². The maximum absolute atomic E-state index is 5.38. The topological polar surface area (TPSA) is 35.2 Å². The van der Waals surface area contributed by atoms with Crippen molar-refractivity contribution in [2.24, 2.45) is 5.73 Å².